The summed E-state index contributed by atoms with van der Waals surface area (Å²) in [5.41, 5.74) is 7.60. The first kappa shape index (κ1) is 32.0. The van der Waals surface area contributed by atoms with Crippen molar-refractivity contribution >= 4 is 34.4 Å². The standard InChI is InChI=1S/C39H48N4O2/c1-8-40(9-2)30-18-22-32(23-19-30)43(33-24-20-31(21-25-33)41(10-3)11-4)39(37-17-15-14-16-35(37)38(44)45-39)36-27-26-34(28-29(36)7)42(12-5)13-6/h14-28H,8-13H2,1-7H3. The molecule has 6 nitrogen and oxygen atoms in total. The van der Waals surface area contributed by atoms with Crippen molar-refractivity contribution in [1.82, 2.24) is 0 Å². The lowest BCUT2D eigenvalue weighted by molar-refractivity contribution is 0.0132. The van der Waals surface area contributed by atoms with E-state index in [4.69, 9.17) is 4.74 Å². The Bertz CT molecular complexity index is 1530. The number of fused-ring (bicyclic) bond motifs is 1. The molecule has 4 aromatic rings. The smallest absolute Gasteiger partial charge is 0.341 e. The minimum Gasteiger partial charge on any atom is -0.426 e. The Morgan fingerprint density at radius 2 is 0.956 bits per heavy atom. The van der Waals surface area contributed by atoms with Crippen LogP contribution in [-0.4, -0.2) is 45.2 Å². The summed E-state index contributed by atoms with van der Waals surface area (Å²) in [7, 11) is 0. The molecule has 4 aromatic carbocycles. The van der Waals surface area contributed by atoms with Crippen molar-refractivity contribution in [1.29, 1.82) is 0 Å². The zero-order valence-electron chi connectivity index (χ0n) is 28.0. The lowest BCUT2D eigenvalue weighted by atomic mass is 9.87. The second kappa shape index (κ2) is 13.7. The molecule has 0 N–H and O–H groups in total. The van der Waals surface area contributed by atoms with Crippen LogP contribution in [-0.2, 0) is 10.5 Å². The first-order valence-corrected chi connectivity index (χ1v) is 16.6. The zero-order valence-corrected chi connectivity index (χ0v) is 28.0. The summed E-state index contributed by atoms with van der Waals surface area (Å²) < 4.78 is 6.70. The highest BCUT2D eigenvalue weighted by molar-refractivity contribution is 5.97. The lowest BCUT2D eigenvalue weighted by Gasteiger charge is -2.43. The maximum Gasteiger partial charge on any atom is 0.341 e. The van der Waals surface area contributed by atoms with Gasteiger partial charge >= 0.3 is 5.97 Å². The van der Waals surface area contributed by atoms with E-state index in [1.54, 1.807) is 0 Å². The maximum atomic E-state index is 13.8. The molecule has 1 aliphatic heterocycles. The number of nitrogens with zero attached hydrogens (tertiary/aromatic N) is 4. The molecule has 1 atom stereocenters. The number of hydrogen-bond acceptors (Lipinski definition) is 6. The number of ether oxygens (including phenoxy) is 1. The van der Waals surface area contributed by atoms with Crippen LogP contribution in [0.4, 0.5) is 28.4 Å². The van der Waals surface area contributed by atoms with Crippen LogP contribution < -0.4 is 19.6 Å². The highest BCUT2D eigenvalue weighted by atomic mass is 16.6. The molecule has 0 aromatic heterocycles. The molecule has 1 heterocycles. The van der Waals surface area contributed by atoms with E-state index in [0.29, 0.717) is 5.56 Å². The van der Waals surface area contributed by atoms with Crippen LogP contribution in [0.2, 0.25) is 0 Å². The third kappa shape index (κ3) is 5.74. The van der Waals surface area contributed by atoms with E-state index in [-0.39, 0.29) is 5.97 Å². The fourth-order valence-corrected chi connectivity index (χ4v) is 6.82. The van der Waals surface area contributed by atoms with Crippen molar-refractivity contribution in [2.45, 2.75) is 54.2 Å². The van der Waals surface area contributed by atoms with Gasteiger partial charge in [0.2, 0.25) is 5.72 Å². The largest absolute Gasteiger partial charge is 0.426 e. The Morgan fingerprint density at radius 3 is 1.42 bits per heavy atom. The van der Waals surface area contributed by atoms with Gasteiger partial charge in [0.15, 0.2) is 0 Å². The highest BCUT2D eigenvalue weighted by Crippen LogP contribution is 2.51. The molecule has 0 saturated carbocycles. The third-order valence-electron chi connectivity index (χ3n) is 9.24. The molecule has 45 heavy (non-hydrogen) atoms. The molecule has 0 aliphatic carbocycles. The summed E-state index contributed by atoms with van der Waals surface area (Å²) in [4.78, 5) is 23.0. The number of hydrogen-bond donors (Lipinski definition) is 0. The van der Waals surface area contributed by atoms with Crippen LogP contribution in [0.1, 0.15) is 68.6 Å². The molecular weight excluding hydrogens is 556 g/mol. The number of cyclic esters (lactones) is 1. The summed E-state index contributed by atoms with van der Waals surface area (Å²) >= 11 is 0. The molecule has 0 saturated heterocycles. The minimum absolute atomic E-state index is 0.317. The Balaban J connectivity index is 1.79. The van der Waals surface area contributed by atoms with Crippen LogP contribution in [0, 0.1) is 6.92 Å². The van der Waals surface area contributed by atoms with E-state index < -0.39 is 5.72 Å². The molecule has 1 aliphatic rings. The SMILES string of the molecule is CCN(CC)c1ccc(N(c2ccc(N(CC)CC)cc2)C2(c3ccc(N(CC)CC)cc3C)OC(=O)c3ccccc32)cc1. The average molecular weight is 605 g/mol. The summed E-state index contributed by atoms with van der Waals surface area (Å²) in [6.07, 6.45) is 0. The Kier molecular flexibility index (Phi) is 9.71. The number of rotatable bonds is 13. The molecular formula is C39H48N4O2. The van der Waals surface area contributed by atoms with Crippen molar-refractivity contribution in [2.24, 2.45) is 0 Å². The highest BCUT2D eigenvalue weighted by Gasteiger charge is 2.53. The van der Waals surface area contributed by atoms with E-state index in [1.807, 2.05) is 24.3 Å². The van der Waals surface area contributed by atoms with Gasteiger partial charge in [0.25, 0.3) is 0 Å². The second-order valence-electron chi connectivity index (χ2n) is 11.5. The van der Waals surface area contributed by atoms with Crippen molar-refractivity contribution in [3.63, 3.8) is 0 Å². The van der Waals surface area contributed by atoms with Crippen molar-refractivity contribution in [3.05, 3.63) is 113 Å². The molecule has 6 heteroatoms. The first-order valence-electron chi connectivity index (χ1n) is 16.6. The zero-order chi connectivity index (χ0) is 32.1. The van der Waals surface area contributed by atoms with E-state index >= 15 is 0 Å². The molecule has 236 valence electrons. The molecule has 0 fully saturated rings. The van der Waals surface area contributed by atoms with Gasteiger partial charge in [-0.1, -0.05) is 24.3 Å². The predicted octanol–water partition coefficient (Wildman–Crippen LogP) is 8.74. The second-order valence-corrected chi connectivity index (χ2v) is 11.5. The monoisotopic (exact) mass is 604 g/mol. The Labute approximate surface area is 269 Å². The van der Waals surface area contributed by atoms with E-state index in [2.05, 4.69) is 135 Å². The molecule has 1 unspecified atom stereocenters. The van der Waals surface area contributed by atoms with Gasteiger partial charge in [0.05, 0.1) is 5.56 Å². The van der Waals surface area contributed by atoms with Gasteiger partial charge < -0.3 is 19.4 Å². The van der Waals surface area contributed by atoms with Gasteiger partial charge in [-0.25, -0.2) is 4.79 Å². The molecule has 5 rings (SSSR count). The molecule has 0 amide bonds. The fraction of sp³-hybridized carbons (Fsp3) is 0.359. The van der Waals surface area contributed by atoms with Crippen molar-refractivity contribution in [3.8, 4) is 0 Å². The normalized spacial score (nSPS) is 15.4. The summed E-state index contributed by atoms with van der Waals surface area (Å²) in [6, 6.07) is 31.7. The number of anilines is 5. The predicted molar refractivity (Wildman–Crippen MR) is 190 cm³/mol. The van der Waals surface area contributed by atoms with E-state index in [0.717, 1.165) is 73.0 Å². The first-order chi connectivity index (χ1) is 21.9. The van der Waals surface area contributed by atoms with E-state index in [9.17, 15) is 4.79 Å². The summed E-state index contributed by atoms with van der Waals surface area (Å²) in [5.74, 6) is -0.317. The van der Waals surface area contributed by atoms with Crippen molar-refractivity contribution in [2.75, 3.05) is 58.9 Å². The van der Waals surface area contributed by atoms with Crippen LogP contribution in [0.15, 0.2) is 91.0 Å². The number of benzene rings is 4. The van der Waals surface area contributed by atoms with Gasteiger partial charge in [-0.2, -0.15) is 0 Å². The van der Waals surface area contributed by atoms with Gasteiger partial charge in [-0.05, 0) is 121 Å². The quantitative estimate of drug-likeness (QED) is 0.142. The van der Waals surface area contributed by atoms with Crippen LogP contribution in [0.3, 0.4) is 0 Å². The van der Waals surface area contributed by atoms with Gasteiger partial charge in [0.1, 0.15) is 0 Å². The summed E-state index contributed by atoms with van der Waals surface area (Å²) in [5, 5.41) is 0. The topological polar surface area (TPSA) is 39.3 Å². The molecule has 0 radical (unpaired) electrons. The number of aryl methyl sites for hydroxylation is 1. The van der Waals surface area contributed by atoms with Gasteiger partial charge in [0, 0.05) is 78.8 Å². The summed E-state index contributed by atoms with van der Waals surface area (Å²) in [6.45, 7) is 20.7. The number of carbonyl (C=O) groups excluding carboxylic acids is 1. The Hall–Kier alpha value is -4.45. The van der Waals surface area contributed by atoms with Crippen LogP contribution >= 0.6 is 0 Å². The van der Waals surface area contributed by atoms with Crippen LogP contribution in [0.25, 0.3) is 0 Å². The Morgan fingerprint density at radius 1 is 0.533 bits per heavy atom. The van der Waals surface area contributed by atoms with Gasteiger partial charge in [-0.3, -0.25) is 4.90 Å². The number of carbonyl (C=O) groups is 1. The minimum atomic E-state index is -1.22. The molecule has 0 spiro atoms. The fourth-order valence-electron chi connectivity index (χ4n) is 6.82. The molecule has 0 bridgehead atoms. The van der Waals surface area contributed by atoms with Crippen LogP contribution in [0.5, 0.6) is 0 Å². The average Bonchev–Trinajstić information content (AvgIpc) is 3.36. The van der Waals surface area contributed by atoms with Crippen molar-refractivity contribution < 1.29 is 9.53 Å². The third-order valence-corrected chi connectivity index (χ3v) is 9.24. The van der Waals surface area contributed by atoms with Gasteiger partial charge in [-0.15, -0.1) is 0 Å². The maximum absolute atomic E-state index is 13.8. The number of esters is 1. The lowest BCUT2D eigenvalue weighted by Crippen LogP contribution is -2.45. The van der Waals surface area contributed by atoms with E-state index in [1.165, 1.54) is 11.4 Å².